The molecule has 0 radical (unpaired) electrons. The number of nitrogens with one attached hydrogen (secondary N) is 1. The van der Waals surface area contributed by atoms with Crippen molar-refractivity contribution in [1.29, 1.82) is 0 Å². The maximum atomic E-state index is 12.3. The summed E-state index contributed by atoms with van der Waals surface area (Å²) in [5.41, 5.74) is 2.45. The number of benzene rings is 1. The average molecular weight is 300 g/mol. The highest BCUT2D eigenvalue weighted by Crippen LogP contribution is 2.18. The van der Waals surface area contributed by atoms with Crippen LogP contribution in [0.1, 0.15) is 30.9 Å². The molecule has 2 amide bonds. The third-order valence-corrected chi connectivity index (χ3v) is 4.30. The lowest BCUT2D eigenvalue weighted by atomic mass is 9.95. The van der Waals surface area contributed by atoms with Gasteiger partial charge in [-0.1, -0.05) is 37.8 Å². The molecule has 1 aliphatic rings. The summed E-state index contributed by atoms with van der Waals surface area (Å²) in [7, 11) is 0. The van der Waals surface area contributed by atoms with Gasteiger partial charge in [-0.2, -0.15) is 0 Å². The van der Waals surface area contributed by atoms with E-state index in [1.807, 2.05) is 12.1 Å². The SMILES string of the molecule is C=CC(=O)N1CCC(C(=O)NCc2ccccc2CC)CC1. The summed E-state index contributed by atoms with van der Waals surface area (Å²) in [6, 6.07) is 8.18. The first-order chi connectivity index (χ1) is 10.7. The van der Waals surface area contributed by atoms with Crippen LogP contribution < -0.4 is 5.32 Å². The number of rotatable bonds is 5. The fourth-order valence-electron chi connectivity index (χ4n) is 2.89. The molecule has 1 aromatic carbocycles. The first-order valence-corrected chi connectivity index (χ1v) is 7.91. The molecule has 0 aliphatic carbocycles. The van der Waals surface area contributed by atoms with Crippen LogP contribution in [0.2, 0.25) is 0 Å². The Balaban J connectivity index is 1.84. The number of carbonyl (C=O) groups excluding carboxylic acids is 2. The number of nitrogens with zero attached hydrogens (tertiary/aromatic N) is 1. The lowest BCUT2D eigenvalue weighted by Crippen LogP contribution is -2.42. The van der Waals surface area contributed by atoms with Crippen molar-refractivity contribution >= 4 is 11.8 Å². The highest BCUT2D eigenvalue weighted by Gasteiger charge is 2.26. The van der Waals surface area contributed by atoms with E-state index in [1.165, 1.54) is 17.2 Å². The van der Waals surface area contributed by atoms with Crippen LogP contribution in [-0.2, 0) is 22.6 Å². The average Bonchev–Trinajstić information content (AvgIpc) is 2.59. The third-order valence-electron chi connectivity index (χ3n) is 4.30. The summed E-state index contributed by atoms with van der Waals surface area (Å²) in [4.78, 5) is 25.6. The Kier molecular flexibility index (Phi) is 5.75. The molecule has 2 rings (SSSR count). The van der Waals surface area contributed by atoms with E-state index in [-0.39, 0.29) is 17.7 Å². The zero-order valence-electron chi connectivity index (χ0n) is 13.2. The molecule has 1 saturated heterocycles. The van der Waals surface area contributed by atoms with Gasteiger partial charge in [-0.15, -0.1) is 0 Å². The first kappa shape index (κ1) is 16.3. The molecule has 0 atom stereocenters. The fourth-order valence-corrected chi connectivity index (χ4v) is 2.89. The minimum absolute atomic E-state index is 0.00246. The van der Waals surface area contributed by atoms with Crippen molar-refractivity contribution in [2.75, 3.05) is 13.1 Å². The zero-order valence-corrected chi connectivity index (χ0v) is 13.2. The van der Waals surface area contributed by atoms with Gasteiger partial charge in [0.15, 0.2) is 0 Å². The summed E-state index contributed by atoms with van der Waals surface area (Å²) >= 11 is 0. The highest BCUT2D eigenvalue weighted by atomic mass is 16.2. The van der Waals surface area contributed by atoms with E-state index in [2.05, 4.69) is 31.0 Å². The van der Waals surface area contributed by atoms with Gasteiger partial charge < -0.3 is 10.2 Å². The number of carbonyl (C=O) groups is 2. The zero-order chi connectivity index (χ0) is 15.9. The maximum absolute atomic E-state index is 12.3. The second-order valence-corrected chi connectivity index (χ2v) is 5.64. The van der Waals surface area contributed by atoms with Gasteiger partial charge in [0.1, 0.15) is 0 Å². The van der Waals surface area contributed by atoms with Crippen LogP contribution in [0, 0.1) is 5.92 Å². The predicted molar refractivity (Wildman–Crippen MR) is 87.2 cm³/mol. The second-order valence-electron chi connectivity index (χ2n) is 5.64. The largest absolute Gasteiger partial charge is 0.352 e. The molecule has 0 bridgehead atoms. The lowest BCUT2D eigenvalue weighted by molar-refractivity contribution is -0.132. The van der Waals surface area contributed by atoms with E-state index >= 15 is 0 Å². The van der Waals surface area contributed by atoms with Crippen molar-refractivity contribution in [1.82, 2.24) is 10.2 Å². The van der Waals surface area contributed by atoms with Gasteiger partial charge in [0.2, 0.25) is 11.8 Å². The van der Waals surface area contributed by atoms with Crippen molar-refractivity contribution in [2.24, 2.45) is 5.92 Å². The number of piperidine rings is 1. The van der Waals surface area contributed by atoms with E-state index in [9.17, 15) is 9.59 Å². The number of hydrogen-bond acceptors (Lipinski definition) is 2. The Morgan fingerprint density at radius 2 is 1.91 bits per heavy atom. The molecule has 0 unspecified atom stereocenters. The van der Waals surface area contributed by atoms with E-state index in [0.29, 0.717) is 19.6 Å². The van der Waals surface area contributed by atoms with Crippen LogP contribution in [0.5, 0.6) is 0 Å². The molecule has 1 aliphatic heterocycles. The minimum atomic E-state index is -0.0456. The summed E-state index contributed by atoms with van der Waals surface area (Å²) in [5, 5.41) is 3.04. The standard InChI is InChI=1S/C18H24N2O2/c1-3-14-7-5-6-8-16(14)13-19-18(22)15-9-11-20(12-10-15)17(21)4-2/h4-8,15H,2-3,9-13H2,1H3,(H,19,22). The van der Waals surface area contributed by atoms with E-state index < -0.39 is 0 Å². The molecular weight excluding hydrogens is 276 g/mol. The monoisotopic (exact) mass is 300 g/mol. The molecule has 0 saturated carbocycles. The first-order valence-electron chi connectivity index (χ1n) is 7.91. The van der Waals surface area contributed by atoms with Gasteiger partial charge in [-0.3, -0.25) is 9.59 Å². The molecule has 4 nitrogen and oxygen atoms in total. The molecule has 0 aromatic heterocycles. The van der Waals surface area contributed by atoms with Gasteiger partial charge in [-0.25, -0.2) is 0 Å². The number of aryl methyl sites for hydroxylation is 1. The Morgan fingerprint density at radius 1 is 1.27 bits per heavy atom. The van der Waals surface area contributed by atoms with Gasteiger partial charge in [0.05, 0.1) is 0 Å². The van der Waals surface area contributed by atoms with Crippen LogP contribution >= 0.6 is 0 Å². The molecular formula is C18H24N2O2. The van der Waals surface area contributed by atoms with Gasteiger partial charge in [0, 0.05) is 25.6 Å². The lowest BCUT2D eigenvalue weighted by Gasteiger charge is -2.30. The Labute approximate surface area is 132 Å². The van der Waals surface area contributed by atoms with Crippen LogP contribution in [-0.4, -0.2) is 29.8 Å². The van der Waals surface area contributed by atoms with E-state index in [0.717, 1.165) is 19.3 Å². The molecule has 0 spiro atoms. The molecule has 1 aromatic rings. The van der Waals surface area contributed by atoms with Gasteiger partial charge in [0.25, 0.3) is 0 Å². The maximum Gasteiger partial charge on any atom is 0.245 e. The Hall–Kier alpha value is -2.10. The molecule has 1 N–H and O–H groups in total. The molecule has 118 valence electrons. The summed E-state index contributed by atoms with van der Waals surface area (Å²) in [6.45, 7) is 7.46. The topological polar surface area (TPSA) is 49.4 Å². The highest BCUT2D eigenvalue weighted by molar-refractivity contribution is 5.87. The van der Waals surface area contributed by atoms with E-state index in [1.54, 1.807) is 4.90 Å². The van der Waals surface area contributed by atoms with Crippen LogP contribution in [0.15, 0.2) is 36.9 Å². The predicted octanol–water partition coefficient (Wildman–Crippen LogP) is 2.29. The van der Waals surface area contributed by atoms with Gasteiger partial charge >= 0.3 is 0 Å². The molecule has 1 fully saturated rings. The van der Waals surface area contributed by atoms with Crippen molar-refractivity contribution < 1.29 is 9.59 Å². The summed E-state index contributed by atoms with van der Waals surface area (Å²) < 4.78 is 0. The van der Waals surface area contributed by atoms with E-state index in [4.69, 9.17) is 0 Å². The van der Waals surface area contributed by atoms with Crippen LogP contribution in [0.25, 0.3) is 0 Å². The van der Waals surface area contributed by atoms with Crippen molar-refractivity contribution in [3.63, 3.8) is 0 Å². The normalized spacial score (nSPS) is 15.4. The van der Waals surface area contributed by atoms with Crippen molar-refractivity contribution in [3.8, 4) is 0 Å². The third kappa shape index (κ3) is 3.97. The molecule has 22 heavy (non-hydrogen) atoms. The summed E-state index contributed by atoms with van der Waals surface area (Å²) in [6.07, 6.45) is 3.75. The molecule has 4 heteroatoms. The second kappa shape index (κ2) is 7.78. The van der Waals surface area contributed by atoms with Crippen molar-refractivity contribution in [3.05, 3.63) is 48.0 Å². The number of amides is 2. The Bertz CT molecular complexity index is 546. The van der Waals surface area contributed by atoms with Crippen molar-refractivity contribution in [2.45, 2.75) is 32.7 Å². The van der Waals surface area contributed by atoms with Crippen LogP contribution in [0.3, 0.4) is 0 Å². The number of likely N-dealkylation sites (tertiary alicyclic amines) is 1. The van der Waals surface area contributed by atoms with Gasteiger partial charge in [-0.05, 0) is 36.5 Å². The summed E-state index contributed by atoms with van der Waals surface area (Å²) in [5.74, 6) is 0.0509. The minimum Gasteiger partial charge on any atom is -0.352 e. The molecule has 1 heterocycles. The quantitative estimate of drug-likeness (QED) is 0.848. The van der Waals surface area contributed by atoms with Crippen LogP contribution in [0.4, 0.5) is 0 Å². The number of hydrogen-bond donors (Lipinski definition) is 1. The Morgan fingerprint density at radius 3 is 2.50 bits per heavy atom. The fraction of sp³-hybridized carbons (Fsp3) is 0.444. The smallest absolute Gasteiger partial charge is 0.245 e.